The Morgan fingerprint density at radius 1 is 1.53 bits per heavy atom. The zero-order valence-corrected chi connectivity index (χ0v) is 11.4. The second kappa shape index (κ2) is 4.64. The van der Waals surface area contributed by atoms with Crippen molar-refractivity contribution in [3.8, 4) is 11.5 Å². The fourth-order valence-corrected chi connectivity index (χ4v) is 2.95. The van der Waals surface area contributed by atoms with Crippen LogP contribution in [0.2, 0.25) is 0 Å². The van der Waals surface area contributed by atoms with Gasteiger partial charge in [0, 0.05) is 18.2 Å². The highest BCUT2D eigenvalue weighted by atomic mass is 79.9. The van der Waals surface area contributed by atoms with Gasteiger partial charge in [-0.25, -0.2) is 4.39 Å². The Kier molecular flexibility index (Phi) is 3.10. The fraction of sp³-hybridized carbons (Fsp3) is 0.417. The van der Waals surface area contributed by atoms with Crippen LogP contribution < -0.4 is 14.8 Å². The number of carboxylic acids is 1. The van der Waals surface area contributed by atoms with Crippen LogP contribution in [0.15, 0.2) is 10.5 Å². The number of ether oxygens (including phenoxy) is 2. The number of carbonyl (C=O) groups is 1. The first-order valence-corrected chi connectivity index (χ1v) is 6.61. The number of hydrogen-bond acceptors (Lipinski definition) is 4. The molecule has 3 rings (SSSR count). The molecule has 2 atom stereocenters. The molecule has 0 aromatic heterocycles. The number of rotatable bonds is 2. The summed E-state index contributed by atoms with van der Waals surface area (Å²) in [5, 5.41) is 12.0. The third-order valence-electron chi connectivity index (χ3n) is 3.43. The van der Waals surface area contributed by atoms with Crippen LogP contribution in [-0.2, 0) is 4.79 Å². The molecular formula is C12H11BrFNO4. The van der Waals surface area contributed by atoms with Gasteiger partial charge < -0.3 is 19.9 Å². The molecule has 1 aromatic carbocycles. The fourth-order valence-electron chi connectivity index (χ4n) is 2.41. The largest absolute Gasteiger partial charge is 0.481 e. The molecule has 0 radical (unpaired) electrons. The lowest BCUT2D eigenvalue weighted by Crippen LogP contribution is -2.17. The van der Waals surface area contributed by atoms with Gasteiger partial charge in [0.25, 0.3) is 0 Å². The van der Waals surface area contributed by atoms with Gasteiger partial charge in [-0.05, 0) is 28.4 Å². The quantitative estimate of drug-likeness (QED) is 0.868. The first-order chi connectivity index (χ1) is 9.08. The standard InChI is InChI=1S/C12H11BrFNO4/c13-9-10(14)6(2-8-11(9)19-4-18-8)7-1-5(3-15-7)12(16)17/h2,5,7,15H,1,3-4H2,(H,16,17). The second-order valence-corrected chi connectivity index (χ2v) is 5.35. The molecule has 2 aliphatic heterocycles. The summed E-state index contributed by atoms with van der Waals surface area (Å²) in [5.74, 6) is -0.963. The van der Waals surface area contributed by atoms with E-state index in [2.05, 4.69) is 21.2 Å². The maximum atomic E-state index is 14.3. The first kappa shape index (κ1) is 12.7. The minimum absolute atomic E-state index is 0.0622. The normalized spacial score (nSPS) is 24.7. The molecule has 0 bridgehead atoms. The average Bonchev–Trinajstić information content (AvgIpc) is 3.01. The number of halogens is 2. The predicted molar refractivity (Wildman–Crippen MR) is 66.7 cm³/mol. The van der Waals surface area contributed by atoms with Crippen LogP contribution >= 0.6 is 15.9 Å². The minimum atomic E-state index is -0.866. The third-order valence-corrected chi connectivity index (χ3v) is 4.14. The summed E-state index contributed by atoms with van der Waals surface area (Å²) in [7, 11) is 0. The summed E-state index contributed by atoms with van der Waals surface area (Å²) in [6.45, 7) is 0.401. The van der Waals surface area contributed by atoms with Crippen LogP contribution in [0.4, 0.5) is 4.39 Å². The lowest BCUT2D eigenvalue weighted by Gasteiger charge is -2.14. The van der Waals surface area contributed by atoms with E-state index < -0.39 is 17.7 Å². The van der Waals surface area contributed by atoms with Crippen molar-refractivity contribution in [1.29, 1.82) is 0 Å². The Bertz CT molecular complexity index is 551. The van der Waals surface area contributed by atoms with Crippen molar-refractivity contribution >= 4 is 21.9 Å². The van der Waals surface area contributed by atoms with E-state index in [-0.39, 0.29) is 17.3 Å². The van der Waals surface area contributed by atoms with E-state index >= 15 is 0 Å². The Labute approximate surface area is 116 Å². The monoisotopic (exact) mass is 331 g/mol. The third kappa shape index (κ3) is 2.06. The molecule has 2 N–H and O–H groups in total. The van der Waals surface area contributed by atoms with Crippen molar-refractivity contribution in [2.24, 2.45) is 5.92 Å². The van der Waals surface area contributed by atoms with Gasteiger partial charge in [0.05, 0.1) is 10.4 Å². The van der Waals surface area contributed by atoms with E-state index in [4.69, 9.17) is 14.6 Å². The van der Waals surface area contributed by atoms with Crippen molar-refractivity contribution in [3.05, 3.63) is 21.9 Å². The zero-order chi connectivity index (χ0) is 13.6. The molecule has 19 heavy (non-hydrogen) atoms. The van der Waals surface area contributed by atoms with Gasteiger partial charge in [0.15, 0.2) is 11.5 Å². The summed E-state index contributed by atoms with van der Waals surface area (Å²) in [5.41, 5.74) is 0.403. The number of carboxylic acid groups (broad SMARTS) is 1. The summed E-state index contributed by atoms with van der Waals surface area (Å²) in [4.78, 5) is 10.9. The van der Waals surface area contributed by atoms with Crippen molar-refractivity contribution in [2.45, 2.75) is 12.5 Å². The van der Waals surface area contributed by atoms with E-state index in [1.807, 2.05) is 0 Å². The van der Waals surface area contributed by atoms with Crippen LogP contribution in [0.25, 0.3) is 0 Å². The number of aliphatic carboxylic acids is 1. The molecule has 1 fully saturated rings. The van der Waals surface area contributed by atoms with Gasteiger partial charge in [-0.3, -0.25) is 4.79 Å². The van der Waals surface area contributed by atoms with Gasteiger partial charge in [0.1, 0.15) is 5.82 Å². The average molecular weight is 332 g/mol. The predicted octanol–water partition coefficient (Wildman–Crippen LogP) is 2.05. The Balaban J connectivity index is 1.94. The lowest BCUT2D eigenvalue weighted by atomic mass is 9.99. The van der Waals surface area contributed by atoms with Crippen LogP contribution in [0.5, 0.6) is 11.5 Å². The highest BCUT2D eigenvalue weighted by Gasteiger charge is 2.34. The van der Waals surface area contributed by atoms with Gasteiger partial charge in [-0.2, -0.15) is 0 Å². The van der Waals surface area contributed by atoms with Gasteiger partial charge >= 0.3 is 5.97 Å². The topological polar surface area (TPSA) is 67.8 Å². The highest BCUT2D eigenvalue weighted by molar-refractivity contribution is 9.10. The van der Waals surface area contributed by atoms with Gasteiger partial charge in [-0.1, -0.05) is 0 Å². The van der Waals surface area contributed by atoms with E-state index in [0.717, 1.165) is 0 Å². The molecule has 0 spiro atoms. The molecule has 1 aromatic rings. The Hall–Kier alpha value is -1.34. The van der Waals surface area contributed by atoms with Crippen LogP contribution in [-0.4, -0.2) is 24.4 Å². The molecular weight excluding hydrogens is 321 g/mol. The van der Waals surface area contributed by atoms with Crippen LogP contribution in [0.3, 0.4) is 0 Å². The van der Waals surface area contributed by atoms with Crippen molar-refractivity contribution in [2.75, 3.05) is 13.3 Å². The molecule has 102 valence electrons. The molecule has 0 saturated carbocycles. The molecule has 0 aliphatic carbocycles. The molecule has 1 saturated heterocycles. The smallest absolute Gasteiger partial charge is 0.307 e. The van der Waals surface area contributed by atoms with E-state index in [0.29, 0.717) is 30.0 Å². The molecule has 5 nitrogen and oxygen atoms in total. The van der Waals surface area contributed by atoms with Crippen molar-refractivity contribution in [1.82, 2.24) is 5.32 Å². The number of hydrogen-bond donors (Lipinski definition) is 2. The molecule has 2 aliphatic rings. The second-order valence-electron chi connectivity index (χ2n) is 4.56. The zero-order valence-electron chi connectivity index (χ0n) is 9.78. The maximum absolute atomic E-state index is 14.3. The molecule has 0 amide bonds. The molecule has 7 heteroatoms. The number of fused-ring (bicyclic) bond motifs is 1. The minimum Gasteiger partial charge on any atom is -0.481 e. The SMILES string of the molecule is O=C(O)C1CNC(c2cc3c(c(Br)c2F)OCO3)C1. The van der Waals surface area contributed by atoms with E-state index in [1.165, 1.54) is 0 Å². The molecule has 2 unspecified atom stereocenters. The molecule has 2 heterocycles. The van der Waals surface area contributed by atoms with Crippen molar-refractivity contribution < 1.29 is 23.8 Å². The van der Waals surface area contributed by atoms with E-state index in [9.17, 15) is 9.18 Å². The van der Waals surface area contributed by atoms with Crippen LogP contribution in [0, 0.1) is 11.7 Å². The first-order valence-electron chi connectivity index (χ1n) is 5.81. The maximum Gasteiger partial charge on any atom is 0.307 e. The van der Waals surface area contributed by atoms with Gasteiger partial charge in [-0.15, -0.1) is 0 Å². The summed E-state index contributed by atoms with van der Waals surface area (Å²) in [6.07, 6.45) is 0.359. The highest BCUT2D eigenvalue weighted by Crippen LogP contribution is 2.44. The summed E-state index contributed by atoms with van der Waals surface area (Å²) < 4.78 is 24.9. The van der Waals surface area contributed by atoms with Crippen LogP contribution in [0.1, 0.15) is 18.0 Å². The Morgan fingerprint density at radius 3 is 3.00 bits per heavy atom. The van der Waals surface area contributed by atoms with Gasteiger partial charge in [0.2, 0.25) is 6.79 Å². The van der Waals surface area contributed by atoms with Crippen molar-refractivity contribution in [3.63, 3.8) is 0 Å². The summed E-state index contributed by atoms with van der Waals surface area (Å²) in [6, 6.07) is 1.25. The number of benzene rings is 1. The number of nitrogens with one attached hydrogen (secondary N) is 1. The Morgan fingerprint density at radius 2 is 2.32 bits per heavy atom. The summed E-state index contributed by atoms with van der Waals surface area (Å²) >= 11 is 3.15. The van der Waals surface area contributed by atoms with E-state index in [1.54, 1.807) is 6.07 Å². The lowest BCUT2D eigenvalue weighted by molar-refractivity contribution is -0.141.